The number of carbonyl (C=O) groups excluding carboxylic acids is 1. The number of anilines is 1. The van der Waals surface area contributed by atoms with Crippen LogP contribution in [-0.2, 0) is 9.59 Å². The van der Waals surface area contributed by atoms with Gasteiger partial charge in [0.2, 0.25) is 5.91 Å². The molecular formula is C20H19N3O3. The second-order valence-corrected chi connectivity index (χ2v) is 6.80. The summed E-state index contributed by atoms with van der Waals surface area (Å²) < 4.78 is 1.89. The van der Waals surface area contributed by atoms with Crippen molar-refractivity contribution in [1.82, 2.24) is 9.38 Å². The van der Waals surface area contributed by atoms with Gasteiger partial charge < -0.3 is 14.8 Å². The second kappa shape index (κ2) is 6.63. The number of hydrogen-bond acceptors (Lipinski definition) is 3. The maximum atomic E-state index is 12.3. The van der Waals surface area contributed by atoms with E-state index >= 15 is 0 Å². The van der Waals surface area contributed by atoms with Gasteiger partial charge in [-0.25, -0.2) is 4.98 Å². The summed E-state index contributed by atoms with van der Waals surface area (Å²) >= 11 is 0. The molecule has 4 rings (SSSR count). The Morgan fingerprint density at radius 3 is 2.62 bits per heavy atom. The van der Waals surface area contributed by atoms with Crippen LogP contribution < -0.4 is 5.32 Å². The highest BCUT2D eigenvalue weighted by atomic mass is 16.4. The summed E-state index contributed by atoms with van der Waals surface area (Å²) in [4.78, 5) is 27.6. The van der Waals surface area contributed by atoms with Crippen molar-refractivity contribution in [2.45, 2.75) is 19.3 Å². The zero-order valence-corrected chi connectivity index (χ0v) is 14.1. The van der Waals surface area contributed by atoms with E-state index in [-0.39, 0.29) is 24.2 Å². The summed E-state index contributed by atoms with van der Waals surface area (Å²) in [6.45, 7) is 0. The Bertz CT molecular complexity index is 959. The number of benzene rings is 1. The molecule has 1 saturated carbocycles. The Kier molecular flexibility index (Phi) is 4.16. The number of amides is 1. The molecule has 6 heteroatoms. The highest BCUT2D eigenvalue weighted by molar-refractivity contribution is 5.93. The molecule has 1 aliphatic rings. The van der Waals surface area contributed by atoms with Crippen LogP contribution in [0.1, 0.15) is 19.3 Å². The number of nitrogens with one attached hydrogen (secondary N) is 1. The topological polar surface area (TPSA) is 83.7 Å². The lowest BCUT2D eigenvalue weighted by Gasteiger charge is -2.33. The van der Waals surface area contributed by atoms with E-state index in [4.69, 9.17) is 5.11 Å². The Labute approximate surface area is 150 Å². The van der Waals surface area contributed by atoms with Gasteiger partial charge in [-0.3, -0.25) is 9.59 Å². The normalized spacial score (nSPS) is 19.1. The lowest BCUT2D eigenvalue weighted by Crippen LogP contribution is -2.35. The number of hydrogen-bond donors (Lipinski definition) is 2. The van der Waals surface area contributed by atoms with Gasteiger partial charge >= 0.3 is 5.97 Å². The molecule has 0 atom stereocenters. The van der Waals surface area contributed by atoms with Gasteiger partial charge in [0.25, 0.3) is 0 Å². The number of aliphatic carboxylic acids is 1. The average molecular weight is 349 g/mol. The van der Waals surface area contributed by atoms with E-state index in [0.29, 0.717) is 18.5 Å². The van der Waals surface area contributed by atoms with E-state index in [1.54, 1.807) is 0 Å². The average Bonchev–Trinajstić information content (AvgIpc) is 3.01. The predicted octanol–water partition coefficient (Wildman–Crippen LogP) is 3.44. The summed E-state index contributed by atoms with van der Waals surface area (Å²) in [6.07, 6.45) is 5.22. The Morgan fingerprint density at radius 2 is 1.88 bits per heavy atom. The maximum absolute atomic E-state index is 12.3. The highest BCUT2D eigenvalue weighted by Crippen LogP contribution is 2.36. The zero-order valence-electron chi connectivity index (χ0n) is 14.1. The van der Waals surface area contributed by atoms with Gasteiger partial charge in [0.15, 0.2) is 0 Å². The summed E-state index contributed by atoms with van der Waals surface area (Å²) in [5.74, 6) is -0.825. The first-order chi connectivity index (χ1) is 12.6. The van der Waals surface area contributed by atoms with Crippen molar-refractivity contribution in [3.63, 3.8) is 0 Å². The molecule has 0 spiro atoms. The molecule has 1 aromatic carbocycles. The fourth-order valence-corrected chi connectivity index (χ4v) is 3.42. The highest BCUT2D eigenvalue weighted by Gasteiger charge is 2.35. The smallest absolute Gasteiger partial charge is 0.303 e. The Hall–Kier alpha value is -3.15. The molecule has 2 N–H and O–H groups in total. The summed E-state index contributed by atoms with van der Waals surface area (Å²) in [6, 6.07) is 13.6. The number of aromatic nitrogens is 2. The van der Waals surface area contributed by atoms with E-state index in [0.717, 1.165) is 16.9 Å². The molecule has 1 amide bonds. The van der Waals surface area contributed by atoms with Crippen molar-refractivity contribution in [3.05, 3.63) is 54.9 Å². The van der Waals surface area contributed by atoms with Crippen molar-refractivity contribution in [2.75, 3.05) is 5.32 Å². The third-order valence-corrected chi connectivity index (χ3v) is 4.86. The number of carboxylic acids is 1. The molecule has 0 radical (unpaired) electrons. The summed E-state index contributed by atoms with van der Waals surface area (Å²) in [5, 5.41) is 11.7. The van der Waals surface area contributed by atoms with Crippen molar-refractivity contribution < 1.29 is 14.7 Å². The monoisotopic (exact) mass is 349 g/mol. The van der Waals surface area contributed by atoms with E-state index in [2.05, 4.69) is 10.3 Å². The first kappa shape index (κ1) is 16.3. The van der Waals surface area contributed by atoms with E-state index in [1.165, 1.54) is 0 Å². The van der Waals surface area contributed by atoms with Crippen molar-refractivity contribution in [3.8, 4) is 11.3 Å². The minimum Gasteiger partial charge on any atom is -0.481 e. The van der Waals surface area contributed by atoms with E-state index < -0.39 is 5.97 Å². The summed E-state index contributed by atoms with van der Waals surface area (Å²) in [5.41, 5.74) is 3.44. The van der Waals surface area contributed by atoms with Crippen LogP contribution in [0, 0.1) is 11.8 Å². The first-order valence-electron chi connectivity index (χ1n) is 8.65. The largest absolute Gasteiger partial charge is 0.481 e. The number of fused-ring (bicyclic) bond motifs is 1. The van der Waals surface area contributed by atoms with Gasteiger partial charge in [0.1, 0.15) is 5.65 Å². The molecule has 0 saturated heterocycles. The SMILES string of the molecule is O=C(O)CC1CC(C(=O)Nc2ccc3nc(-c4ccccc4)cn3c2)C1. The van der Waals surface area contributed by atoms with E-state index in [1.807, 2.05) is 59.3 Å². The molecule has 2 aromatic heterocycles. The molecule has 1 fully saturated rings. The number of rotatable bonds is 5. The lowest BCUT2D eigenvalue weighted by molar-refractivity contribution is -0.140. The van der Waals surface area contributed by atoms with Crippen LogP contribution in [0.5, 0.6) is 0 Å². The van der Waals surface area contributed by atoms with Crippen molar-refractivity contribution in [2.24, 2.45) is 11.8 Å². The third-order valence-electron chi connectivity index (χ3n) is 4.86. The van der Waals surface area contributed by atoms with Crippen LogP contribution in [-0.4, -0.2) is 26.4 Å². The fraction of sp³-hybridized carbons (Fsp3) is 0.250. The first-order valence-corrected chi connectivity index (χ1v) is 8.65. The number of pyridine rings is 1. The van der Waals surface area contributed by atoms with Gasteiger partial charge in [-0.15, -0.1) is 0 Å². The third kappa shape index (κ3) is 3.31. The molecule has 0 unspecified atom stereocenters. The van der Waals surface area contributed by atoms with Crippen LogP contribution in [0.2, 0.25) is 0 Å². The molecule has 6 nitrogen and oxygen atoms in total. The van der Waals surface area contributed by atoms with Crippen LogP contribution >= 0.6 is 0 Å². The molecular weight excluding hydrogens is 330 g/mol. The number of imidazole rings is 1. The number of carbonyl (C=O) groups is 2. The van der Waals surface area contributed by atoms with E-state index in [9.17, 15) is 9.59 Å². The van der Waals surface area contributed by atoms with Crippen LogP contribution in [0.25, 0.3) is 16.9 Å². The molecule has 0 bridgehead atoms. The maximum Gasteiger partial charge on any atom is 0.303 e. The molecule has 26 heavy (non-hydrogen) atoms. The van der Waals surface area contributed by atoms with Gasteiger partial charge in [-0.1, -0.05) is 30.3 Å². The fourth-order valence-electron chi connectivity index (χ4n) is 3.42. The molecule has 0 aliphatic heterocycles. The van der Waals surface area contributed by atoms with Crippen molar-refractivity contribution in [1.29, 1.82) is 0 Å². The minimum atomic E-state index is -0.798. The molecule has 2 heterocycles. The molecule has 1 aliphatic carbocycles. The van der Waals surface area contributed by atoms with Gasteiger partial charge in [0, 0.05) is 30.3 Å². The number of nitrogens with zero attached hydrogens (tertiary/aromatic N) is 2. The van der Waals surface area contributed by atoms with Crippen LogP contribution in [0.4, 0.5) is 5.69 Å². The van der Waals surface area contributed by atoms with Crippen LogP contribution in [0.3, 0.4) is 0 Å². The minimum absolute atomic E-state index is 0.0469. The standard InChI is InChI=1S/C20H19N3O3/c24-19(25)10-13-8-15(9-13)20(26)21-16-6-7-18-22-17(12-23(18)11-16)14-4-2-1-3-5-14/h1-7,11-13,15H,8-10H2,(H,21,26)(H,24,25). The molecule has 132 valence electrons. The summed E-state index contributed by atoms with van der Waals surface area (Å²) in [7, 11) is 0. The Morgan fingerprint density at radius 1 is 1.12 bits per heavy atom. The zero-order chi connectivity index (χ0) is 18.1. The predicted molar refractivity (Wildman–Crippen MR) is 97.7 cm³/mol. The van der Waals surface area contributed by atoms with Gasteiger partial charge in [0.05, 0.1) is 11.4 Å². The lowest BCUT2D eigenvalue weighted by atomic mass is 9.73. The van der Waals surface area contributed by atoms with Crippen LogP contribution in [0.15, 0.2) is 54.9 Å². The van der Waals surface area contributed by atoms with Gasteiger partial charge in [-0.2, -0.15) is 0 Å². The quantitative estimate of drug-likeness (QED) is 0.739. The van der Waals surface area contributed by atoms with Crippen molar-refractivity contribution >= 4 is 23.2 Å². The Balaban J connectivity index is 1.45. The number of carboxylic acid groups (broad SMARTS) is 1. The second-order valence-electron chi connectivity index (χ2n) is 6.80. The van der Waals surface area contributed by atoms with Gasteiger partial charge in [-0.05, 0) is 30.9 Å². The molecule has 3 aromatic rings.